The molecule has 0 bridgehead atoms. The number of carbonyl (C=O) groups is 3. The summed E-state index contributed by atoms with van der Waals surface area (Å²) in [5.74, 6) is 0.0494. The first kappa shape index (κ1) is 25.5. The van der Waals surface area contributed by atoms with Crippen molar-refractivity contribution in [3.8, 4) is 5.75 Å². The number of hydrazine groups is 1. The molecule has 1 saturated heterocycles. The Morgan fingerprint density at radius 1 is 1.03 bits per heavy atom. The van der Waals surface area contributed by atoms with Crippen molar-refractivity contribution in [2.24, 2.45) is 0 Å². The minimum atomic E-state index is -0.356. The van der Waals surface area contributed by atoms with Crippen molar-refractivity contribution in [3.63, 3.8) is 0 Å². The lowest BCUT2D eigenvalue weighted by Gasteiger charge is -2.14. The van der Waals surface area contributed by atoms with Crippen LogP contribution in [-0.4, -0.2) is 40.6 Å². The molecule has 7 nitrogen and oxygen atoms in total. The largest absolute Gasteiger partial charge is 0.497 e. The summed E-state index contributed by atoms with van der Waals surface area (Å²) in [6.45, 7) is 2.45. The molecule has 0 atom stereocenters. The Morgan fingerprint density at radius 2 is 1.74 bits per heavy atom. The van der Waals surface area contributed by atoms with Gasteiger partial charge in [0, 0.05) is 18.5 Å². The van der Waals surface area contributed by atoms with Crippen LogP contribution in [0.5, 0.6) is 5.75 Å². The first-order valence-electron chi connectivity index (χ1n) is 10.9. The van der Waals surface area contributed by atoms with E-state index in [2.05, 4.69) is 10.9 Å². The van der Waals surface area contributed by atoms with Crippen molar-refractivity contribution in [1.29, 1.82) is 0 Å². The molecule has 3 amide bonds. The van der Waals surface area contributed by atoms with Gasteiger partial charge in [0.1, 0.15) is 10.1 Å². The number of methoxy groups -OCH3 is 1. The number of rotatable bonds is 9. The van der Waals surface area contributed by atoms with Gasteiger partial charge in [0.2, 0.25) is 5.91 Å². The average molecular weight is 498 g/mol. The van der Waals surface area contributed by atoms with E-state index in [9.17, 15) is 14.4 Å². The van der Waals surface area contributed by atoms with Gasteiger partial charge >= 0.3 is 0 Å². The highest BCUT2D eigenvalue weighted by atomic mass is 32.2. The van der Waals surface area contributed by atoms with Crippen LogP contribution in [-0.2, 0) is 9.59 Å². The fourth-order valence-corrected chi connectivity index (χ4v) is 4.55. The van der Waals surface area contributed by atoms with Crippen molar-refractivity contribution in [3.05, 3.63) is 70.1 Å². The summed E-state index contributed by atoms with van der Waals surface area (Å²) in [6.07, 6.45) is 4.24. The second-order valence-electron chi connectivity index (χ2n) is 7.79. The van der Waals surface area contributed by atoms with Gasteiger partial charge in [-0.05, 0) is 55.7 Å². The molecule has 1 fully saturated rings. The van der Waals surface area contributed by atoms with Gasteiger partial charge in [-0.1, -0.05) is 60.2 Å². The minimum Gasteiger partial charge on any atom is -0.497 e. The van der Waals surface area contributed by atoms with Gasteiger partial charge < -0.3 is 4.74 Å². The van der Waals surface area contributed by atoms with Crippen LogP contribution in [0.4, 0.5) is 0 Å². The molecule has 0 spiro atoms. The number of carbonyl (C=O) groups excluding carboxylic acids is 3. The molecule has 0 aliphatic carbocycles. The molecule has 1 aliphatic rings. The predicted octanol–water partition coefficient (Wildman–Crippen LogP) is 4.23. The summed E-state index contributed by atoms with van der Waals surface area (Å²) in [5, 5.41) is 0. The molecule has 0 aromatic heterocycles. The van der Waals surface area contributed by atoms with Crippen molar-refractivity contribution >= 4 is 52.1 Å². The van der Waals surface area contributed by atoms with E-state index in [1.165, 1.54) is 11.8 Å². The van der Waals surface area contributed by atoms with Gasteiger partial charge in [-0.2, -0.15) is 0 Å². The first-order valence-corrected chi connectivity index (χ1v) is 12.1. The van der Waals surface area contributed by atoms with Crippen LogP contribution in [0.25, 0.3) is 6.08 Å². The Kier molecular flexibility index (Phi) is 9.24. The Morgan fingerprint density at radius 3 is 2.41 bits per heavy atom. The molecule has 178 valence electrons. The van der Waals surface area contributed by atoms with E-state index >= 15 is 0 Å². The summed E-state index contributed by atoms with van der Waals surface area (Å²) in [7, 11) is 1.61. The van der Waals surface area contributed by atoms with Gasteiger partial charge in [0.15, 0.2) is 0 Å². The van der Waals surface area contributed by atoms with Crippen LogP contribution in [0.2, 0.25) is 0 Å². The molecule has 1 aliphatic heterocycles. The summed E-state index contributed by atoms with van der Waals surface area (Å²) in [4.78, 5) is 38.9. The third-order valence-electron chi connectivity index (χ3n) is 5.20. The average Bonchev–Trinajstić information content (AvgIpc) is 3.10. The van der Waals surface area contributed by atoms with Gasteiger partial charge in [0.05, 0.1) is 12.0 Å². The number of unbranched alkanes of at least 4 members (excludes halogenated alkanes) is 2. The number of thiocarbonyl (C=S) groups is 1. The van der Waals surface area contributed by atoms with Gasteiger partial charge in [-0.15, -0.1) is 0 Å². The van der Waals surface area contributed by atoms with Crippen LogP contribution < -0.4 is 15.6 Å². The van der Waals surface area contributed by atoms with Crippen molar-refractivity contribution < 1.29 is 19.1 Å². The lowest BCUT2D eigenvalue weighted by molar-refractivity contribution is -0.123. The van der Waals surface area contributed by atoms with Crippen molar-refractivity contribution in [2.45, 2.75) is 32.6 Å². The van der Waals surface area contributed by atoms with Gasteiger partial charge in [0.25, 0.3) is 11.8 Å². The quantitative estimate of drug-likeness (QED) is 0.233. The number of hydrogen-bond donors (Lipinski definition) is 2. The second kappa shape index (κ2) is 12.3. The number of nitrogens with one attached hydrogen (secondary N) is 2. The molecule has 2 N–H and O–H groups in total. The molecule has 1 heterocycles. The Bertz CT molecular complexity index is 1080. The van der Waals surface area contributed by atoms with E-state index in [1.807, 2.05) is 49.4 Å². The van der Waals surface area contributed by atoms with Gasteiger partial charge in [-0.3, -0.25) is 30.1 Å². The number of thioether (sulfide) groups is 1. The summed E-state index contributed by atoms with van der Waals surface area (Å²) < 4.78 is 5.70. The molecular weight excluding hydrogens is 470 g/mol. The van der Waals surface area contributed by atoms with Crippen LogP contribution in [0.3, 0.4) is 0 Å². The Hall–Kier alpha value is -3.17. The fraction of sp³-hybridized carbons (Fsp3) is 0.280. The molecule has 34 heavy (non-hydrogen) atoms. The first-order chi connectivity index (χ1) is 16.4. The number of aryl methyl sites for hydroxylation is 1. The summed E-state index contributed by atoms with van der Waals surface area (Å²) in [5.41, 5.74) is 7.30. The number of amides is 3. The lowest BCUT2D eigenvalue weighted by atomic mass is 10.1. The van der Waals surface area contributed by atoms with Crippen LogP contribution >= 0.6 is 24.0 Å². The smallest absolute Gasteiger partial charge is 0.269 e. The van der Waals surface area contributed by atoms with E-state index in [4.69, 9.17) is 17.0 Å². The zero-order chi connectivity index (χ0) is 24.5. The molecule has 9 heteroatoms. The van der Waals surface area contributed by atoms with E-state index in [1.54, 1.807) is 24.1 Å². The Balaban J connectivity index is 1.36. The fourth-order valence-electron chi connectivity index (χ4n) is 3.24. The third-order valence-corrected chi connectivity index (χ3v) is 6.58. The molecular formula is C25H27N3O4S2. The standard InChI is InChI=1S/C25H27N3O4S2/c1-17-7-11-19(12-8-17)23(30)27-26-22(29)6-4-3-5-15-28-24(31)21(34-25(28)33)16-18-9-13-20(32-2)14-10-18/h7-14,16H,3-6,15H2,1-2H3,(H,26,29)(H,27,30). The molecule has 3 rings (SSSR count). The molecule has 0 radical (unpaired) electrons. The lowest BCUT2D eigenvalue weighted by Crippen LogP contribution is -2.41. The van der Waals surface area contributed by atoms with Crippen molar-refractivity contribution in [1.82, 2.24) is 15.8 Å². The van der Waals surface area contributed by atoms with Crippen LogP contribution in [0.15, 0.2) is 53.4 Å². The molecule has 0 saturated carbocycles. The monoisotopic (exact) mass is 497 g/mol. The maximum atomic E-state index is 12.7. The van der Waals surface area contributed by atoms with E-state index < -0.39 is 0 Å². The Labute approximate surface area is 208 Å². The topological polar surface area (TPSA) is 87.7 Å². The van der Waals surface area contributed by atoms with Crippen LogP contribution in [0.1, 0.15) is 47.2 Å². The summed E-state index contributed by atoms with van der Waals surface area (Å²) >= 11 is 6.68. The maximum absolute atomic E-state index is 12.7. The number of benzene rings is 2. The highest BCUT2D eigenvalue weighted by Gasteiger charge is 2.31. The van der Waals surface area contributed by atoms with E-state index in [-0.39, 0.29) is 24.1 Å². The minimum absolute atomic E-state index is 0.0950. The van der Waals surface area contributed by atoms with Gasteiger partial charge in [-0.25, -0.2) is 0 Å². The normalized spacial score (nSPS) is 14.4. The third kappa shape index (κ3) is 7.16. The molecule has 2 aromatic carbocycles. The van der Waals surface area contributed by atoms with Crippen molar-refractivity contribution in [2.75, 3.05) is 13.7 Å². The summed E-state index contributed by atoms with van der Waals surface area (Å²) in [6, 6.07) is 14.5. The number of ether oxygens (including phenoxy) is 1. The number of hydrogen-bond acceptors (Lipinski definition) is 6. The maximum Gasteiger partial charge on any atom is 0.269 e. The zero-order valence-electron chi connectivity index (χ0n) is 19.1. The SMILES string of the molecule is COc1ccc(C=C2SC(=S)N(CCCCCC(=O)NNC(=O)c3ccc(C)cc3)C2=O)cc1. The van der Waals surface area contributed by atoms with E-state index in [0.717, 1.165) is 29.7 Å². The second-order valence-corrected chi connectivity index (χ2v) is 9.46. The molecule has 2 aromatic rings. The molecule has 0 unspecified atom stereocenters. The number of nitrogens with zero attached hydrogens (tertiary/aromatic N) is 1. The van der Waals surface area contributed by atoms with E-state index in [0.29, 0.717) is 27.8 Å². The van der Waals surface area contributed by atoms with Crippen LogP contribution in [0, 0.1) is 6.92 Å². The highest BCUT2D eigenvalue weighted by molar-refractivity contribution is 8.26. The predicted molar refractivity (Wildman–Crippen MR) is 138 cm³/mol. The highest BCUT2D eigenvalue weighted by Crippen LogP contribution is 2.33. The zero-order valence-corrected chi connectivity index (χ0v) is 20.8.